The van der Waals surface area contributed by atoms with Gasteiger partial charge in [-0.25, -0.2) is 8.42 Å². The molecule has 42 heavy (non-hydrogen) atoms. The van der Waals surface area contributed by atoms with Gasteiger partial charge in [0, 0.05) is 13.1 Å². The lowest BCUT2D eigenvalue weighted by atomic mass is 10.1. The summed E-state index contributed by atoms with van der Waals surface area (Å²) in [6.45, 7) is 2.88. The van der Waals surface area contributed by atoms with E-state index in [1.807, 2.05) is 6.92 Å². The quantitative estimate of drug-likeness (QED) is 0.243. The van der Waals surface area contributed by atoms with Crippen LogP contribution in [0.1, 0.15) is 37.8 Å². The minimum absolute atomic E-state index is 0.143. The molecule has 0 spiro atoms. The molecule has 1 atom stereocenters. The number of carbonyl (C=O) groups is 2. The van der Waals surface area contributed by atoms with Crippen molar-refractivity contribution >= 4 is 50.7 Å². The van der Waals surface area contributed by atoms with Crippen molar-refractivity contribution in [3.8, 4) is 0 Å². The molecule has 2 amide bonds. The van der Waals surface area contributed by atoms with Crippen molar-refractivity contribution in [1.29, 1.82) is 0 Å². The van der Waals surface area contributed by atoms with Gasteiger partial charge in [0.2, 0.25) is 11.8 Å². The summed E-state index contributed by atoms with van der Waals surface area (Å²) in [5.41, 5.74) is -0.935. The molecule has 3 rings (SSSR count). The first-order valence-electron chi connectivity index (χ1n) is 13.1. The van der Waals surface area contributed by atoms with Gasteiger partial charge in [0.15, 0.2) is 0 Å². The highest BCUT2D eigenvalue weighted by Crippen LogP contribution is 2.33. The molecule has 0 aliphatic rings. The number of hydrogen-bond acceptors (Lipinski definition) is 4. The van der Waals surface area contributed by atoms with Gasteiger partial charge in [-0.1, -0.05) is 67.4 Å². The maximum atomic E-state index is 14.0. The topological polar surface area (TPSA) is 86.8 Å². The molecule has 0 saturated carbocycles. The van der Waals surface area contributed by atoms with E-state index in [-0.39, 0.29) is 33.6 Å². The van der Waals surface area contributed by atoms with Gasteiger partial charge in [-0.3, -0.25) is 13.9 Å². The van der Waals surface area contributed by atoms with Gasteiger partial charge in [-0.2, -0.15) is 13.2 Å². The van der Waals surface area contributed by atoms with Crippen molar-refractivity contribution in [1.82, 2.24) is 10.2 Å². The number of hydrogen-bond donors (Lipinski definition) is 1. The minimum Gasteiger partial charge on any atom is -0.354 e. The molecular weight excluding hydrogens is 614 g/mol. The van der Waals surface area contributed by atoms with Gasteiger partial charge in [0.05, 0.1) is 26.2 Å². The molecule has 7 nitrogen and oxygen atoms in total. The Hall–Kier alpha value is -3.28. The molecule has 0 radical (unpaired) electrons. The van der Waals surface area contributed by atoms with Crippen LogP contribution in [-0.2, 0) is 32.3 Å². The largest absolute Gasteiger partial charge is 0.416 e. The maximum absolute atomic E-state index is 14.0. The second-order valence-electron chi connectivity index (χ2n) is 9.36. The van der Waals surface area contributed by atoms with E-state index in [2.05, 4.69) is 5.32 Å². The SMILES string of the molecule is CCCNC(=O)[C@@H](CC)N(Cc1ccc(Cl)c(Cl)c1)C(=O)CN(c1cccc(C(F)(F)F)c1)S(=O)(=O)c1ccccc1. The number of alkyl halides is 3. The van der Waals surface area contributed by atoms with E-state index in [1.54, 1.807) is 19.1 Å². The number of carbonyl (C=O) groups excluding carboxylic acids is 2. The molecule has 226 valence electrons. The highest BCUT2D eigenvalue weighted by Gasteiger charge is 2.36. The van der Waals surface area contributed by atoms with E-state index in [1.165, 1.54) is 47.4 Å². The summed E-state index contributed by atoms with van der Waals surface area (Å²) < 4.78 is 68.9. The van der Waals surface area contributed by atoms with Crippen LogP contribution in [0.15, 0.2) is 77.7 Å². The maximum Gasteiger partial charge on any atom is 0.416 e. The standard InChI is InChI=1S/C29H30Cl2F3N3O4S/c1-3-15-35-28(39)26(4-2)36(18-20-13-14-24(30)25(31)16-20)27(38)19-37(42(40,41)23-11-6-5-7-12-23)22-10-8-9-21(17-22)29(32,33)34/h5-14,16-17,26H,3-4,15,18-19H2,1-2H3,(H,35,39)/t26-/m1/s1. The van der Waals surface area contributed by atoms with Crippen LogP contribution >= 0.6 is 23.2 Å². The average Bonchev–Trinajstić information content (AvgIpc) is 2.96. The molecule has 0 saturated heterocycles. The number of benzene rings is 3. The van der Waals surface area contributed by atoms with Crippen LogP contribution in [0.3, 0.4) is 0 Å². The number of nitrogens with one attached hydrogen (secondary N) is 1. The lowest BCUT2D eigenvalue weighted by Gasteiger charge is -2.33. The smallest absolute Gasteiger partial charge is 0.354 e. The summed E-state index contributed by atoms with van der Waals surface area (Å²) in [5, 5.41) is 3.24. The van der Waals surface area contributed by atoms with Crippen molar-refractivity contribution in [3.63, 3.8) is 0 Å². The van der Waals surface area contributed by atoms with Crippen LogP contribution in [0.5, 0.6) is 0 Å². The molecule has 0 aromatic heterocycles. The molecule has 3 aromatic rings. The Morgan fingerprint density at radius 1 is 0.929 bits per heavy atom. The van der Waals surface area contributed by atoms with Gasteiger partial charge in [-0.05, 0) is 60.9 Å². The highest BCUT2D eigenvalue weighted by molar-refractivity contribution is 7.92. The number of nitrogens with zero attached hydrogens (tertiary/aromatic N) is 2. The fourth-order valence-electron chi connectivity index (χ4n) is 4.21. The summed E-state index contributed by atoms with van der Waals surface area (Å²) in [6, 6.07) is 14.4. The Bertz CT molecular complexity index is 1510. The second-order valence-corrected chi connectivity index (χ2v) is 12.0. The van der Waals surface area contributed by atoms with Gasteiger partial charge in [0.1, 0.15) is 12.6 Å². The van der Waals surface area contributed by atoms with Crippen LogP contribution < -0.4 is 9.62 Å². The number of amides is 2. The Balaban J connectivity index is 2.11. The van der Waals surface area contributed by atoms with Crippen molar-refractivity contribution in [2.45, 2.75) is 50.3 Å². The van der Waals surface area contributed by atoms with Crippen LogP contribution in [-0.4, -0.2) is 44.3 Å². The highest BCUT2D eigenvalue weighted by atomic mass is 35.5. The van der Waals surface area contributed by atoms with Gasteiger partial charge in [-0.15, -0.1) is 0 Å². The third-order valence-corrected chi connectivity index (χ3v) is 8.87. The summed E-state index contributed by atoms with van der Waals surface area (Å²) in [7, 11) is -4.52. The summed E-state index contributed by atoms with van der Waals surface area (Å²) >= 11 is 12.2. The van der Waals surface area contributed by atoms with E-state index in [0.29, 0.717) is 28.9 Å². The molecule has 0 bridgehead atoms. The van der Waals surface area contributed by atoms with Crippen molar-refractivity contribution < 1.29 is 31.2 Å². The first-order valence-corrected chi connectivity index (χ1v) is 15.2. The normalized spacial score (nSPS) is 12.5. The lowest BCUT2D eigenvalue weighted by Crippen LogP contribution is -2.52. The molecule has 0 fully saturated rings. The molecular formula is C29H30Cl2F3N3O4S. The van der Waals surface area contributed by atoms with Crippen molar-refractivity contribution in [3.05, 3.63) is 94.0 Å². The van der Waals surface area contributed by atoms with E-state index in [4.69, 9.17) is 23.2 Å². The van der Waals surface area contributed by atoms with Crippen LogP contribution in [0.25, 0.3) is 0 Å². The van der Waals surface area contributed by atoms with Crippen LogP contribution in [0, 0.1) is 0 Å². The zero-order chi connectivity index (χ0) is 31.1. The number of anilines is 1. The summed E-state index contributed by atoms with van der Waals surface area (Å²) in [5.74, 6) is -1.26. The lowest BCUT2D eigenvalue weighted by molar-refractivity contribution is -0.140. The first kappa shape index (κ1) is 33.2. The molecule has 0 heterocycles. The van der Waals surface area contributed by atoms with E-state index in [0.717, 1.165) is 12.1 Å². The Morgan fingerprint density at radius 2 is 1.62 bits per heavy atom. The summed E-state index contributed by atoms with van der Waals surface area (Å²) in [6.07, 6.45) is -3.94. The van der Waals surface area contributed by atoms with Crippen LogP contribution in [0.4, 0.5) is 18.9 Å². The zero-order valence-corrected chi connectivity index (χ0v) is 25.2. The Morgan fingerprint density at radius 3 is 2.21 bits per heavy atom. The third kappa shape index (κ3) is 8.17. The van der Waals surface area contributed by atoms with Gasteiger partial charge in [0.25, 0.3) is 10.0 Å². The molecule has 3 aromatic carbocycles. The van der Waals surface area contributed by atoms with Crippen molar-refractivity contribution in [2.75, 3.05) is 17.4 Å². The molecule has 0 aliphatic carbocycles. The third-order valence-electron chi connectivity index (χ3n) is 6.34. The Kier molecular flexibility index (Phi) is 11.3. The second kappa shape index (κ2) is 14.3. The van der Waals surface area contributed by atoms with Gasteiger partial charge < -0.3 is 10.2 Å². The molecule has 13 heteroatoms. The predicted octanol–water partition coefficient (Wildman–Crippen LogP) is 6.54. The Labute approximate surface area is 253 Å². The first-order chi connectivity index (χ1) is 19.8. The van der Waals surface area contributed by atoms with E-state index in [9.17, 15) is 31.2 Å². The fourth-order valence-corrected chi connectivity index (χ4v) is 5.95. The van der Waals surface area contributed by atoms with E-state index >= 15 is 0 Å². The number of halogens is 5. The minimum atomic E-state index is -4.76. The van der Waals surface area contributed by atoms with Crippen molar-refractivity contribution in [2.24, 2.45) is 0 Å². The predicted molar refractivity (Wildman–Crippen MR) is 157 cm³/mol. The fraction of sp³-hybridized carbons (Fsp3) is 0.310. The number of sulfonamides is 1. The summed E-state index contributed by atoms with van der Waals surface area (Å²) in [4.78, 5) is 28.1. The average molecular weight is 645 g/mol. The number of rotatable bonds is 12. The zero-order valence-electron chi connectivity index (χ0n) is 22.9. The molecule has 0 unspecified atom stereocenters. The molecule has 0 aliphatic heterocycles. The molecule has 1 N–H and O–H groups in total. The van der Waals surface area contributed by atoms with Crippen LogP contribution in [0.2, 0.25) is 10.0 Å². The monoisotopic (exact) mass is 643 g/mol. The van der Waals surface area contributed by atoms with Gasteiger partial charge >= 0.3 is 6.18 Å². The van der Waals surface area contributed by atoms with E-state index < -0.39 is 46.2 Å².